The predicted octanol–water partition coefficient (Wildman–Crippen LogP) is -0.536. The lowest BCUT2D eigenvalue weighted by Gasteiger charge is -2.01. The molecule has 0 aromatic rings. The zero-order valence-corrected chi connectivity index (χ0v) is 5.74. The molecule has 0 unspecified atom stereocenters. The zero-order chi connectivity index (χ0) is 6.36. The van der Waals surface area contributed by atoms with Crippen LogP contribution in [0.4, 0.5) is 0 Å². The Morgan fingerprint density at radius 2 is 1.22 bits per heavy atom. The van der Waals surface area contributed by atoms with Crippen LogP contribution >= 0.6 is 0 Å². The van der Waals surface area contributed by atoms with Crippen molar-refractivity contribution in [1.82, 2.24) is 16.0 Å². The summed E-state index contributed by atoms with van der Waals surface area (Å²) in [5.41, 5.74) is 0. The molecule has 1 heterocycles. The van der Waals surface area contributed by atoms with Crippen LogP contribution in [0.1, 0.15) is 12.8 Å². The first-order valence-electron chi connectivity index (χ1n) is 3.62. The van der Waals surface area contributed by atoms with Gasteiger partial charge in [-0.15, -0.1) is 0 Å². The molecule has 1 saturated heterocycles. The monoisotopic (exact) mass is 129 g/mol. The Labute approximate surface area is 56.2 Å². The lowest BCUT2D eigenvalue weighted by Crippen LogP contribution is -2.34. The van der Waals surface area contributed by atoms with Gasteiger partial charge in [0.1, 0.15) is 0 Å². The lowest BCUT2D eigenvalue weighted by molar-refractivity contribution is 0.568. The van der Waals surface area contributed by atoms with Crippen molar-refractivity contribution < 1.29 is 0 Å². The molecule has 0 radical (unpaired) electrons. The Balaban J connectivity index is 2.02. The van der Waals surface area contributed by atoms with Crippen LogP contribution in [0.5, 0.6) is 0 Å². The van der Waals surface area contributed by atoms with Crippen LogP contribution in [0, 0.1) is 0 Å². The minimum Gasteiger partial charge on any atom is -0.304 e. The molecule has 3 nitrogen and oxygen atoms in total. The Morgan fingerprint density at radius 1 is 0.667 bits per heavy atom. The van der Waals surface area contributed by atoms with E-state index >= 15 is 0 Å². The summed E-state index contributed by atoms with van der Waals surface area (Å²) in [6, 6.07) is 0. The van der Waals surface area contributed by atoms with Gasteiger partial charge >= 0.3 is 0 Å². The van der Waals surface area contributed by atoms with E-state index in [1.807, 2.05) is 0 Å². The summed E-state index contributed by atoms with van der Waals surface area (Å²) in [7, 11) is 0. The van der Waals surface area contributed by atoms with Crippen LogP contribution in [-0.2, 0) is 0 Å². The van der Waals surface area contributed by atoms with Gasteiger partial charge in [0.25, 0.3) is 0 Å². The van der Waals surface area contributed by atoms with Crippen LogP contribution in [-0.4, -0.2) is 26.4 Å². The number of rotatable bonds is 0. The second-order valence-electron chi connectivity index (χ2n) is 2.31. The molecule has 1 aliphatic heterocycles. The van der Waals surface area contributed by atoms with Gasteiger partial charge in [0.15, 0.2) is 0 Å². The van der Waals surface area contributed by atoms with Crippen molar-refractivity contribution in [2.45, 2.75) is 12.8 Å². The fourth-order valence-corrected chi connectivity index (χ4v) is 0.916. The van der Waals surface area contributed by atoms with Crippen molar-refractivity contribution in [1.29, 1.82) is 0 Å². The summed E-state index contributed by atoms with van der Waals surface area (Å²) in [6.45, 7) is 4.17. The summed E-state index contributed by atoms with van der Waals surface area (Å²) >= 11 is 0. The lowest BCUT2D eigenvalue weighted by atomic mass is 10.3. The highest BCUT2D eigenvalue weighted by atomic mass is 15.1. The van der Waals surface area contributed by atoms with Crippen molar-refractivity contribution in [3.8, 4) is 0 Å². The van der Waals surface area contributed by atoms with E-state index in [1.54, 1.807) is 0 Å². The van der Waals surface area contributed by atoms with Gasteiger partial charge in [-0.1, -0.05) is 0 Å². The summed E-state index contributed by atoms with van der Waals surface area (Å²) in [5, 5.41) is 9.76. The largest absolute Gasteiger partial charge is 0.304 e. The smallest absolute Gasteiger partial charge is 0.0464 e. The Kier molecular flexibility index (Phi) is 3.68. The van der Waals surface area contributed by atoms with Gasteiger partial charge in [-0.2, -0.15) is 0 Å². The van der Waals surface area contributed by atoms with E-state index in [0.29, 0.717) is 0 Å². The SMILES string of the molecule is C1CCNCNCNC1. The van der Waals surface area contributed by atoms with Crippen molar-refractivity contribution >= 4 is 0 Å². The van der Waals surface area contributed by atoms with E-state index < -0.39 is 0 Å². The van der Waals surface area contributed by atoms with Crippen LogP contribution in [0.2, 0.25) is 0 Å². The molecule has 3 N–H and O–H groups in total. The number of hydrogen-bond acceptors (Lipinski definition) is 3. The first-order chi connectivity index (χ1) is 4.50. The molecule has 0 bridgehead atoms. The quantitative estimate of drug-likeness (QED) is 0.411. The van der Waals surface area contributed by atoms with Gasteiger partial charge < -0.3 is 10.6 Å². The van der Waals surface area contributed by atoms with E-state index in [-0.39, 0.29) is 0 Å². The highest BCUT2D eigenvalue weighted by Gasteiger charge is 1.91. The molecule has 1 aliphatic rings. The Hall–Kier alpha value is -0.120. The fraction of sp³-hybridized carbons (Fsp3) is 1.00. The zero-order valence-electron chi connectivity index (χ0n) is 5.74. The molecule has 1 rings (SSSR count). The van der Waals surface area contributed by atoms with Crippen molar-refractivity contribution in [2.75, 3.05) is 26.4 Å². The topological polar surface area (TPSA) is 36.1 Å². The van der Waals surface area contributed by atoms with E-state index in [4.69, 9.17) is 0 Å². The summed E-state index contributed by atoms with van der Waals surface area (Å²) in [5.74, 6) is 0. The molecule has 9 heavy (non-hydrogen) atoms. The van der Waals surface area contributed by atoms with E-state index in [2.05, 4.69) is 16.0 Å². The third-order valence-corrected chi connectivity index (χ3v) is 1.46. The maximum atomic E-state index is 3.28. The van der Waals surface area contributed by atoms with Gasteiger partial charge in [-0.05, 0) is 25.9 Å². The molecule has 0 aromatic carbocycles. The second-order valence-corrected chi connectivity index (χ2v) is 2.31. The molecular formula is C6H15N3. The first kappa shape index (κ1) is 6.99. The normalized spacial score (nSPS) is 24.0. The summed E-state index contributed by atoms with van der Waals surface area (Å²) in [6.07, 6.45) is 2.57. The maximum Gasteiger partial charge on any atom is 0.0464 e. The third-order valence-electron chi connectivity index (χ3n) is 1.46. The van der Waals surface area contributed by atoms with Crippen LogP contribution < -0.4 is 16.0 Å². The minimum absolute atomic E-state index is 0.938. The molecule has 0 saturated carbocycles. The van der Waals surface area contributed by atoms with Gasteiger partial charge in [-0.3, -0.25) is 5.32 Å². The molecular weight excluding hydrogens is 114 g/mol. The molecule has 1 fully saturated rings. The number of nitrogens with one attached hydrogen (secondary N) is 3. The summed E-state index contributed by atoms with van der Waals surface area (Å²) in [4.78, 5) is 0. The average Bonchev–Trinajstić information content (AvgIpc) is 2.00. The minimum atomic E-state index is 0.938. The van der Waals surface area contributed by atoms with Gasteiger partial charge in [0.2, 0.25) is 0 Å². The van der Waals surface area contributed by atoms with E-state index in [1.165, 1.54) is 12.8 Å². The van der Waals surface area contributed by atoms with Crippen LogP contribution in [0.25, 0.3) is 0 Å². The van der Waals surface area contributed by atoms with Crippen molar-refractivity contribution in [2.24, 2.45) is 0 Å². The predicted molar refractivity (Wildman–Crippen MR) is 38.1 cm³/mol. The maximum absolute atomic E-state index is 3.28. The summed E-state index contributed by atoms with van der Waals surface area (Å²) < 4.78 is 0. The fourth-order valence-electron chi connectivity index (χ4n) is 0.916. The molecule has 0 atom stereocenters. The van der Waals surface area contributed by atoms with Gasteiger partial charge in [0, 0.05) is 13.3 Å². The van der Waals surface area contributed by atoms with Crippen molar-refractivity contribution in [3.63, 3.8) is 0 Å². The molecule has 0 aliphatic carbocycles. The van der Waals surface area contributed by atoms with Gasteiger partial charge in [-0.25, -0.2) is 0 Å². The highest BCUT2D eigenvalue weighted by Crippen LogP contribution is 1.83. The second kappa shape index (κ2) is 4.73. The van der Waals surface area contributed by atoms with Crippen LogP contribution in [0.15, 0.2) is 0 Å². The van der Waals surface area contributed by atoms with E-state index in [0.717, 1.165) is 26.4 Å². The van der Waals surface area contributed by atoms with Gasteiger partial charge in [0.05, 0.1) is 0 Å². The molecule has 3 heteroatoms. The molecule has 0 aromatic heterocycles. The average molecular weight is 129 g/mol. The standard InChI is InChI=1S/C6H15N3/c1-2-4-8-6-9-5-7-3-1/h7-9H,1-6H2. The Bertz CT molecular complexity index is 36.8. The molecule has 0 amide bonds. The molecule has 0 spiro atoms. The Morgan fingerprint density at radius 3 is 1.78 bits per heavy atom. The van der Waals surface area contributed by atoms with Crippen LogP contribution in [0.3, 0.4) is 0 Å². The molecule has 54 valence electrons. The number of hydrogen-bond donors (Lipinski definition) is 3. The van der Waals surface area contributed by atoms with E-state index in [9.17, 15) is 0 Å². The first-order valence-corrected chi connectivity index (χ1v) is 3.62. The third kappa shape index (κ3) is 3.46. The van der Waals surface area contributed by atoms with Crippen molar-refractivity contribution in [3.05, 3.63) is 0 Å². The highest BCUT2D eigenvalue weighted by molar-refractivity contribution is 4.53.